The molecule has 31 heavy (non-hydrogen) atoms. The zero-order chi connectivity index (χ0) is 22.0. The van der Waals surface area contributed by atoms with Crippen LogP contribution in [0.2, 0.25) is 0 Å². The molecule has 7 nitrogen and oxygen atoms in total. The van der Waals surface area contributed by atoms with E-state index >= 15 is 0 Å². The number of aliphatic hydroxyl groups excluding tert-OH is 1. The fraction of sp³-hybridized carbons (Fsp3) is 0.167. The molecule has 3 aromatic rings. The van der Waals surface area contributed by atoms with Gasteiger partial charge in [0.05, 0.1) is 23.8 Å². The average molecular weight is 415 g/mol. The van der Waals surface area contributed by atoms with Crippen LogP contribution in [0.5, 0.6) is 0 Å². The van der Waals surface area contributed by atoms with Gasteiger partial charge in [-0.2, -0.15) is 0 Å². The molecule has 7 heteroatoms. The molecule has 0 radical (unpaired) electrons. The third-order valence-corrected chi connectivity index (χ3v) is 5.21. The van der Waals surface area contributed by atoms with Gasteiger partial charge in [-0.05, 0) is 36.4 Å². The molecule has 2 aromatic carbocycles. The molecular formula is C24H21N3O4. The summed E-state index contributed by atoms with van der Waals surface area (Å²) in [4.78, 5) is 44.9. The highest BCUT2D eigenvalue weighted by Crippen LogP contribution is 2.24. The van der Waals surface area contributed by atoms with Crippen molar-refractivity contribution >= 4 is 23.3 Å². The van der Waals surface area contributed by atoms with Crippen LogP contribution < -0.4 is 4.90 Å². The van der Waals surface area contributed by atoms with Crippen molar-refractivity contribution in [3.8, 4) is 0 Å². The van der Waals surface area contributed by atoms with Crippen molar-refractivity contribution in [1.82, 2.24) is 9.88 Å². The Morgan fingerprint density at radius 3 is 2.23 bits per heavy atom. The molecule has 0 saturated carbocycles. The SMILES string of the molecule is CN(CC(O)CN1C(=O)c2ccccc2C1=O)c1ccccc1C(=O)c1ccccn1. The minimum absolute atomic E-state index is 0.125. The number of hydrogen-bond acceptors (Lipinski definition) is 6. The van der Waals surface area contributed by atoms with E-state index in [9.17, 15) is 19.5 Å². The van der Waals surface area contributed by atoms with E-state index in [1.165, 1.54) is 0 Å². The van der Waals surface area contributed by atoms with Crippen LogP contribution in [0, 0.1) is 0 Å². The summed E-state index contributed by atoms with van der Waals surface area (Å²) in [7, 11) is 1.75. The highest BCUT2D eigenvalue weighted by atomic mass is 16.3. The molecular weight excluding hydrogens is 394 g/mol. The summed E-state index contributed by atoms with van der Waals surface area (Å²) in [5.41, 5.74) is 2.10. The number of nitrogens with zero attached hydrogens (tertiary/aromatic N) is 3. The smallest absolute Gasteiger partial charge is 0.261 e. The topological polar surface area (TPSA) is 90.8 Å². The lowest BCUT2D eigenvalue weighted by atomic mass is 10.0. The number of aromatic nitrogens is 1. The van der Waals surface area contributed by atoms with Crippen LogP contribution in [0.4, 0.5) is 5.69 Å². The number of carbonyl (C=O) groups excluding carboxylic acids is 3. The normalized spacial score (nSPS) is 13.8. The fourth-order valence-electron chi connectivity index (χ4n) is 3.72. The zero-order valence-electron chi connectivity index (χ0n) is 16.9. The van der Waals surface area contributed by atoms with Crippen LogP contribution in [0.3, 0.4) is 0 Å². The molecule has 2 amide bonds. The molecule has 1 aromatic heterocycles. The monoisotopic (exact) mass is 415 g/mol. The van der Waals surface area contributed by atoms with E-state index in [0.29, 0.717) is 28.1 Å². The number of amides is 2. The first kappa shape index (κ1) is 20.4. The van der Waals surface area contributed by atoms with E-state index < -0.39 is 17.9 Å². The maximum absolute atomic E-state index is 12.9. The highest BCUT2D eigenvalue weighted by molar-refractivity contribution is 6.21. The molecule has 0 saturated heterocycles. The lowest BCUT2D eigenvalue weighted by Gasteiger charge is -2.26. The zero-order valence-corrected chi connectivity index (χ0v) is 16.9. The number of rotatable bonds is 7. The molecule has 0 fully saturated rings. The Morgan fingerprint density at radius 1 is 0.968 bits per heavy atom. The second-order valence-electron chi connectivity index (χ2n) is 7.36. The largest absolute Gasteiger partial charge is 0.389 e. The van der Waals surface area contributed by atoms with Gasteiger partial charge in [0, 0.05) is 31.0 Å². The van der Waals surface area contributed by atoms with Crippen LogP contribution in [0.15, 0.2) is 72.9 Å². The van der Waals surface area contributed by atoms with E-state index in [-0.39, 0.29) is 18.9 Å². The molecule has 0 aliphatic carbocycles. The van der Waals surface area contributed by atoms with Gasteiger partial charge < -0.3 is 10.0 Å². The Hall–Kier alpha value is -3.84. The van der Waals surface area contributed by atoms with Crippen molar-refractivity contribution in [1.29, 1.82) is 0 Å². The van der Waals surface area contributed by atoms with Crippen LogP contribution in [-0.2, 0) is 0 Å². The maximum atomic E-state index is 12.9. The number of imide groups is 1. The number of carbonyl (C=O) groups is 3. The van der Waals surface area contributed by atoms with Crippen molar-refractivity contribution in [2.75, 3.05) is 25.0 Å². The minimum atomic E-state index is -0.995. The summed E-state index contributed by atoms with van der Waals surface area (Å²) in [6.07, 6.45) is 0.566. The minimum Gasteiger partial charge on any atom is -0.389 e. The molecule has 1 unspecified atom stereocenters. The number of hydrogen-bond donors (Lipinski definition) is 1. The van der Waals surface area contributed by atoms with Gasteiger partial charge >= 0.3 is 0 Å². The van der Waals surface area contributed by atoms with E-state index in [0.717, 1.165) is 4.90 Å². The van der Waals surface area contributed by atoms with Gasteiger partial charge in [-0.25, -0.2) is 0 Å². The second-order valence-corrected chi connectivity index (χ2v) is 7.36. The number of para-hydroxylation sites is 1. The summed E-state index contributed by atoms with van der Waals surface area (Å²) < 4.78 is 0. The first-order chi connectivity index (χ1) is 15.0. The van der Waals surface area contributed by atoms with Gasteiger partial charge in [0.1, 0.15) is 5.69 Å². The molecule has 0 spiro atoms. The third kappa shape index (κ3) is 3.95. The first-order valence-electron chi connectivity index (χ1n) is 9.86. The Bertz CT molecular complexity index is 1110. The van der Waals surface area contributed by atoms with E-state index in [1.807, 2.05) is 0 Å². The van der Waals surface area contributed by atoms with Gasteiger partial charge in [0.25, 0.3) is 11.8 Å². The lowest BCUT2D eigenvalue weighted by Crippen LogP contribution is -2.42. The maximum Gasteiger partial charge on any atom is 0.261 e. The number of aliphatic hydroxyl groups is 1. The van der Waals surface area contributed by atoms with Gasteiger partial charge in [0.15, 0.2) is 0 Å². The number of anilines is 1. The van der Waals surface area contributed by atoms with Crippen molar-refractivity contribution in [2.45, 2.75) is 6.10 Å². The number of ketones is 1. The predicted molar refractivity (Wildman–Crippen MR) is 115 cm³/mol. The number of pyridine rings is 1. The highest BCUT2D eigenvalue weighted by Gasteiger charge is 2.36. The number of benzene rings is 2. The summed E-state index contributed by atoms with van der Waals surface area (Å²) in [5.74, 6) is -1.04. The van der Waals surface area contributed by atoms with Crippen LogP contribution >= 0.6 is 0 Å². The summed E-state index contributed by atoms with van der Waals surface area (Å²) in [6, 6.07) is 18.8. The van der Waals surface area contributed by atoms with Crippen LogP contribution in [0.25, 0.3) is 0 Å². The third-order valence-electron chi connectivity index (χ3n) is 5.21. The van der Waals surface area contributed by atoms with Gasteiger partial charge in [-0.1, -0.05) is 30.3 Å². The molecule has 1 aliphatic heterocycles. The average Bonchev–Trinajstić information content (AvgIpc) is 3.04. The fourth-order valence-corrected chi connectivity index (χ4v) is 3.72. The quantitative estimate of drug-likeness (QED) is 0.471. The molecule has 2 heterocycles. The summed E-state index contributed by atoms with van der Waals surface area (Å²) in [6.45, 7) is -0.00699. The number of likely N-dealkylation sites (N-methyl/N-ethyl adjacent to an activating group) is 1. The van der Waals surface area contributed by atoms with E-state index in [1.54, 1.807) is 84.9 Å². The van der Waals surface area contributed by atoms with Gasteiger partial charge in [0.2, 0.25) is 5.78 Å². The number of fused-ring (bicyclic) bond motifs is 1. The molecule has 0 bridgehead atoms. The summed E-state index contributed by atoms with van der Waals surface area (Å²) in [5, 5.41) is 10.6. The predicted octanol–water partition coefficient (Wildman–Crippen LogP) is 2.41. The molecule has 156 valence electrons. The summed E-state index contributed by atoms with van der Waals surface area (Å²) >= 11 is 0. The van der Waals surface area contributed by atoms with Gasteiger partial charge in [-0.3, -0.25) is 24.3 Å². The Balaban J connectivity index is 1.48. The number of β-amino-alcohol motifs (C(OH)–C–C–N with tert-alkyl or cyclic N) is 1. The van der Waals surface area contributed by atoms with Crippen molar-refractivity contribution < 1.29 is 19.5 Å². The molecule has 4 rings (SSSR count). The Labute approximate surface area is 179 Å². The van der Waals surface area contributed by atoms with Gasteiger partial charge in [-0.15, -0.1) is 0 Å². The Kier molecular flexibility index (Phi) is 5.60. The van der Waals surface area contributed by atoms with Crippen molar-refractivity contribution in [2.24, 2.45) is 0 Å². The molecule has 1 atom stereocenters. The van der Waals surface area contributed by atoms with E-state index in [2.05, 4.69) is 4.98 Å². The second kappa shape index (κ2) is 8.49. The molecule has 1 aliphatic rings. The van der Waals surface area contributed by atoms with Crippen LogP contribution in [-0.4, -0.2) is 58.8 Å². The van der Waals surface area contributed by atoms with Crippen molar-refractivity contribution in [3.63, 3.8) is 0 Å². The Morgan fingerprint density at radius 2 is 1.58 bits per heavy atom. The van der Waals surface area contributed by atoms with E-state index in [4.69, 9.17) is 0 Å². The standard InChI is InChI=1S/C24H21N3O4/c1-26(21-12-5-4-10-19(21)22(29)20-11-6-7-13-25-20)14-16(28)15-27-23(30)17-8-2-3-9-18(17)24(27)31/h2-13,16,28H,14-15H2,1H3. The lowest BCUT2D eigenvalue weighted by molar-refractivity contribution is 0.0552. The van der Waals surface area contributed by atoms with Crippen LogP contribution in [0.1, 0.15) is 36.8 Å². The van der Waals surface area contributed by atoms with Crippen molar-refractivity contribution in [3.05, 3.63) is 95.3 Å². The first-order valence-corrected chi connectivity index (χ1v) is 9.86. The molecule has 1 N–H and O–H groups in total.